The number of hydrogen-bond acceptors (Lipinski definition) is 2. The molecular weight excluding hydrogens is 333 g/mol. The van der Waals surface area contributed by atoms with Crippen LogP contribution in [0.25, 0.3) is 0 Å². The third-order valence-electron chi connectivity index (χ3n) is 2.91. The van der Waals surface area contributed by atoms with Gasteiger partial charge in [0.15, 0.2) is 0 Å². The zero-order valence-corrected chi connectivity index (χ0v) is 13.8. The van der Waals surface area contributed by atoms with E-state index in [2.05, 4.69) is 35.1 Å². The maximum atomic E-state index is 13.4. The normalized spacial score (nSPS) is 10.9. The summed E-state index contributed by atoms with van der Waals surface area (Å²) in [6.45, 7) is 5.74. The van der Waals surface area contributed by atoms with Gasteiger partial charge in [0.1, 0.15) is 17.3 Å². The first-order valence-corrected chi connectivity index (χ1v) is 7.76. The lowest BCUT2D eigenvalue weighted by molar-refractivity contribution is 0.466. The van der Waals surface area contributed by atoms with Gasteiger partial charge in [-0.1, -0.05) is 35.8 Å². The predicted molar refractivity (Wildman–Crippen MR) is 87.2 cm³/mol. The van der Waals surface area contributed by atoms with Gasteiger partial charge in [0.25, 0.3) is 0 Å². The Kier molecular flexibility index (Phi) is 5.76. The summed E-state index contributed by atoms with van der Waals surface area (Å²) < 4.78 is 20.3. The van der Waals surface area contributed by atoms with E-state index in [1.807, 2.05) is 24.3 Å². The lowest BCUT2D eigenvalue weighted by atomic mass is 10.1. The summed E-state index contributed by atoms with van der Waals surface area (Å²) in [5, 5.41) is 3.31. The molecule has 0 spiro atoms. The summed E-state index contributed by atoms with van der Waals surface area (Å²) >= 11 is 3.41. The van der Waals surface area contributed by atoms with Crippen LogP contribution in [0.1, 0.15) is 19.4 Å². The minimum absolute atomic E-state index is 0.252. The minimum atomic E-state index is -0.252. The zero-order valence-electron chi connectivity index (χ0n) is 12.2. The number of halogens is 2. The molecule has 0 amide bonds. The highest BCUT2D eigenvalue weighted by Crippen LogP contribution is 2.28. The Balaban J connectivity index is 2.14. The molecule has 0 unspecified atom stereocenters. The van der Waals surface area contributed by atoms with Crippen LogP contribution in [0.15, 0.2) is 46.9 Å². The summed E-state index contributed by atoms with van der Waals surface area (Å²) in [6.07, 6.45) is 0. The molecule has 1 N–H and O–H groups in total. The molecule has 0 radical (unpaired) electrons. The SMILES string of the molecule is CC(C)CNCc1cc(F)ccc1Oc1cccc(Br)c1. The van der Waals surface area contributed by atoms with E-state index in [4.69, 9.17) is 4.74 Å². The van der Waals surface area contributed by atoms with E-state index < -0.39 is 0 Å². The first-order valence-electron chi connectivity index (χ1n) is 6.97. The molecule has 112 valence electrons. The average Bonchev–Trinajstić information content (AvgIpc) is 2.41. The average molecular weight is 352 g/mol. The first kappa shape index (κ1) is 16.0. The van der Waals surface area contributed by atoms with E-state index in [9.17, 15) is 4.39 Å². The van der Waals surface area contributed by atoms with E-state index in [0.717, 1.165) is 22.3 Å². The second-order valence-corrected chi connectivity index (χ2v) is 6.25. The molecule has 2 aromatic carbocycles. The standard InChI is InChI=1S/C17H19BrFNO/c1-12(2)10-20-11-13-8-15(19)6-7-17(13)21-16-5-3-4-14(18)9-16/h3-9,12,20H,10-11H2,1-2H3. The van der Waals surface area contributed by atoms with Crippen LogP contribution in [0.5, 0.6) is 11.5 Å². The van der Waals surface area contributed by atoms with Gasteiger partial charge in [0.2, 0.25) is 0 Å². The van der Waals surface area contributed by atoms with Crippen LogP contribution in [0.4, 0.5) is 4.39 Å². The van der Waals surface area contributed by atoms with Gasteiger partial charge in [0, 0.05) is 16.6 Å². The van der Waals surface area contributed by atoms with E-state index in [1.54, 1.807) is 6.07 Å². The molecule has 0 atom stereocenters. The fourth-order valence-corrected chi connectivity index (χ4v) is 2.32. The van der Waals surface area contributed by atoms with Crippen molar-refractivity contribution in [2.45, 2.75) is 20.4 Å². The number of nitrogens with one attached hydrogen (secondary N) is 1. The maximum absolute atomic E-state index is 13.4. The van der Waals surface area contributed by atoms with Crippen LogP contribution in [-0.4, -0.2) is 6.54 Å². The molecule has 0 saturated heterocycles. The van der Waals surface area contributed by atoms with Crippen molar-refractivity contribution in [3.05, 3.63) is 58.3 Å². The van der Waals surface area contributed by atoms with Crippen LogP contribution >= 0.6 is 15.9 Å². The van der Waals surface area contributed by atoms with Crippen LogP contribution in [0, 0.1) is 11.7 Å². The van der Waals surface area contributed by atoms with Crippen LogP contribution in [-0.2, 0) is 6.54 Å². The number of benzene rings is 2. The van der Waals surface area contributed by atoms with Crippen molar-refractivity contribution in [2.75, 3.05) is 6.54 Å². The highest BCUT2D eigenvalue weighted by atomic mass is 79.9. The highest BCUT2D eigenvalue weighted by molar-refractivity contribution is 9.10. The first-order chi connectivity index (χ1) is 10.0. The summed E-state index contributed by atoms with van der Waals surface area (Å²) in [5.74, 6) is 1.69. The van der Waals surface area contributed by atoms with Gasteiger partial charge in [-0.2, -0.15) is 0 Å². The Morgan fingerprint density at radius 3 is 2.71 bits per heavy atom. The van der Waals surface area contributed by atoms with Crippen LogP contribution in [0.3, 0.4) is 0 Å². The molecule has 2 nitrogen and oxygen atoms in total. The molecule has 0 fully saturated rings. The summed E-state index contributed by atoms with van der Waals surface area (Å²) in [6, 6.07) is 12.2. The summed E-state index contributed by atoms with van der Waals surface area (Å²) in [5.41, 5.74) is 0.815. The van der Waals surface area contributed by atoms with E-state index >= 15 is 0 Å². The Morgan fingerprint density at radius 2 is 2.00 bits per heavy atom. The largest absolute Gasteiger partial charge is 0.457 e. The van der Waals surface area contributed by atoms with Gasteiger partial charge >= 0.3 is 0 Å². The van der Waals surface area contributed by atoms with E-state index in [1.165, 1.54) is 12.1 Å². The quantitative estimate of drug-likeness (QED) is 0.779. The highest BCUT2D eigenvalue weighted by Gasteiger charge is 2.07. The molecule has 0 aliphatic carbocycles. The Hall–Kier alpha value is -1.39. The molecular formula is C17H19BrFNO. The number of hydrogen-bond donors (Lipinski definition) is 1. The van der Waals surface area contributed by atoms with Gasteiger partial charge in [-0.05, 0) is 48.9 Å². The van der Waals surface area contributed by atoms with Crippen molar-refractivity contribution in [1.29, 1.82) is 0 Å². The van der Waals surface area contributed by atoms with E-state index in [0.29, 0.717) is 18.2 Å². The van der Waals surface area contributed by atoms with Gasteiger partial charge in [-0.25, -0.2) is 4.39 Å². The van der Waals surface area contributed by atoms with Crippen LogP contribution in [0.2, 0.25) is 0 Å². The fraction of sp³-hybridized carbons (Fsp3) is 0.294. The molecule has 4 heteroatoms. The zero-order chi connectivity index (χ0) is 15.2. The summed E-state index contributed by atoms with van der Waals surface area (Å²) in [4.78, 5) is 0. The van der Waals surface area contributed by atoms with Gasteiger partial charge in [-0.3, -0.25) is 0 Å². The lowest BCUT2D eigenvalue weighted by Gasteiger charge is -2.13. The van der Waals surface area contributed by atoms with Gasteiger partial charge in [0.05, 0.1) is 0 Å². The van der Waals surface area contributed by atoms with Crippen molar-refractivity contribution in [3.63, 3.8) is 0 Å². The summed E-state index contributed by atoms with van der Waals surface area (Å²) in [7, 11) is 0. The minimum Gasteiger partial charge on any atom is -0.457 e. The third kappa shape index (κ3) is 5.14. The molecule has 0 heterocycles. The molecule has 2 rings (SSSR count). The van der Waals surface area contributed by atoms with Crippen molar-refractivity contribution >= 4 is 15.9 Å². The van der Waals surface area contributed by atoms with Gasteiger partial charge < -0.3 is 10.1 Å². The van der Waals surface area contributed by atoms with Gasteiger partial charge in [-0.15, -0.1) is 0 Å². The topological polar surface area (TPSA) is 21.3 Å². The molecule has 0 aliphatic rings. The molecule has 21 heavy (non-hydrogen) atoms. The van der Waals surface area contributed by atoms with E-state index in [-0.39, 0.29) is 5.82 Å². The second-order valence-electron chi connectivity index (χ2n) is 5.34. The Bertz CT molecular complexity index is 601. The van der Waals surface area contributed by atoms with Crippen LogP contribution < -0.4 is 10.1 Å². The molecule has 0 aliphatic heterocycles. The van der Waals surface area contributed by atoms with Crippen molar-refractivity contribution < 1.29 is 9.13 Å². The molecule has 0 bridgehead atoms. The lowest BCUT2D eigenvalue weighted by Crippen LogP contribution is -2.19. The Morgan fingerprint density at radius 1 is 1.19 bits per heavy atom. The molecule has 0 saturated carbocycles. The van der Waals surface area contributed by atoms with Crippen molar-refractivity contribution in [2.24, 2.45) is 5.92 Å². The molecule has 2 aromatic rings. The predicted octanol–water partition coefficient (Wildman–Crippen LogP) is 5.13. The fourth-order valence-electron chi connectivity index (χ4n) is 1.94. The van der Waals surface area contributed by atoms with Crippen molar-refractivity contribution in [1.82, 2.24) is 5.32 Å². The smallest absolute Gasteiger partial charge is 0.132 e. The third-order valence-corrected chi connectivity index (χ3v) is 3.41. The Labute approximate surface area is 133 Å². The monoisotopic (exact) mass is 351 g/mol. The molecule has 0 aromatic heterocycles. The van der Waals surface area contributed by atoms with Crippen molar-refractivity contribution in [3.8, 4) is 11.5 Å². The number of ether oxygens (including phenoxy) is 1. The maximum Gasteiger partial charge on any atom is 0.132 e. The second kappa shape index (κ2) is 7.57. The number of rotatable bonds is 6.